The standard InChI is InChI=1S/C3H9N.C2H7N.C2H6.CH4/c1-4(2)3;1-3-2;1-2;/h1-3H3;3H,1-2H3;1-2H3;1H4. The lowest BCUT2D eigenvalue weighted by Gasteiger charge is -1.90. The fourth-order valence-corrected chi connectivity index (χ4v) is 0. The van der Waals surface area contributed by atoms with E-state index in [0.29, 0.717) is 0 Å². The average Bonchev–Trinajstić information content (AvgIpc) is 1.71. The highest BCUT2D eigenvalue weighted by atomic mass is 15.0. The summed E-state index contributed by atoms with van der Waals surface area (Å²) in [5.74, 6) is 0. The molecular weight excluding hydrogens is 124 g/mol. The molecule has 0 aliphatic carbocycles. The zero-order chi connectivity index (χ0) is 8.28. The molecule has 0 saturated heterocycles. The summed E-state index contributed by atoms with van der Waals surface area (Å²) >= 11 is 0. The van der Waals surface area contributed by atoms with Gasteiger partial charge in [0.1, 0.15) is 0 Å². The van der Waals surface area contributed by atoms with Crippen LogP contribution in [-0.2, 0) is 0 Å². The number of hydrogen-bond acceptors (Lipinski definition) is 2. The summed E-state index contributed by atoms with van der Waals surface area (Å²) in [6, 6.07) is 0. The maximum atomic E-state index is 2.75. The van der Waals surface area contributed by atoms with E-state index in [1.54, 1.807) is 0 Å². The Kier molecular flexibility index (Phi) is 82.0. The van der Waals surface area contributed by atoms with Crippen molar-refractivity contribution < 1.29 is 0 Å². The molecule has 0 unspecified atom stereocenters. The van der Waals surface area contributed by atoms with E-state index in [1.165, 1.54) is 0 Å². The normalized spacial score (nSPS) is 6.00. The van der Waals surface area contributed by atoms with Crippen molar-refractivity contribution in [3.05, 3.63) is 0 Å². The highest BCUT2D eigenvalue weighted by molar-refractivity contribution is 4.09. The van der Waals surface area contributed by atoms with Crippen LogP contribution in [0.5, 0.6) is 0 Å². The first-order valence-electron chi connectivity index (χ1n) is 3.34. The van der Waals surface area contributed by atoms with Gasteiger partial charge in [0.2, 0.25) is 0 Å². The monoisotopic (exact) mass is 150 g/mol. The molecular formula is C8H26N2. The molecule has 0 saturated carbocycles. The Labute approximate surface area is 67.6 Å². The lowest BCUT2D eigenvalue weighted by atomic mass is 11.0. The molecule has 0 fully saturated rings. The summed E-state index contributed by atoms with van der Waals surface area (Å²) in [6.45, 7) is 4.00. The lowest BCUT2D eigenvalue weighted by molar-refractivity contribution is 0.505. The van der Waals surface area contributed by atoms with Crippen LogP contribution in [0.15, 0.2) is 0 Å². The van der Waals surface area contributed by atoms with Crippen molar-refractivity contribution in [1.82, 2.24) is 10.2 Å². The van der Waals surface area contributed by atoms with E-state index in [-0.39, 0.29) is 7.43 Å². The third-order valence-electron chi connectivity index (χ3n) is 0. The molecule has 0 bridgehead atoms. The number of nitrogens with one attached hydrogen (secondary N) is 1. The van der Waals surface area contributed by atoms with Gasteiger partial charge in [0.25, 0.3) is 0 Å². The molecule has 2 heteroatoms. The second-order valence-corrected chi connectivity index (χ2v) is 1.84. The van der Waals surface area contributed by atoms with E-state index in [1.807, 2.05) is 54.0 Å². The van der Waals surface area contributed by atoms with Crippen LogP contribution < -0.4 is 5.32 Å². The molecule has 10 heavy (non-hydrogen) atoms. The summed E-state index contributed by atoms with van der Waals surface area (Å²) in [5.41, 5.74) is 0. The summed E-state index contributed by atoms with van der Waals surface area (Å²) in [7, 11) is 9.75. The minimum atomic E-state index is 0. The first-order chi connectivity index (χ1) is 4.15. The van der Waals surface area contributed by atoms with E-state index in [4.69, 9.17) is 0 Å². The zero-order valence-corrected chi connectivity index (χ0v) is 7.95. The molecule has 0 aromatic carbocycles. The highest BCUT2D eigenvalue weighted by Gasteiger charge is 1.58. The summed E-state index contributed by atoms with van der Waals surface area (Å²) in [6.07, 6.45) is 0. The Hall–Kier alpha value is -0.0800. The third-order valence-corrected chi connectivity index (χ3v) is 0. The third kappa shape index (κ3) is 59300. The number of hydrogen-bond donors (Lipinski definition) is 1. The SMILES string of the molecule is C.CC.CN(C)C.CNC. The van der Waals surface area contributed by atoms with Crippen LogP contribution in [0.2, 0.25) is 0 Å². The van der Waals surface area contributed by atoms with Crippen LogP contribution in [0, 0.1) is 0 Å². The van der Waals surface area contributed by atoms with E-state index < -0.39 is 0 Å². The Morgan fingerprint density at radius 3 is 0.900 bits per heavy atom. The van der Waals surface area contributed by atoms with E-state index in [0.717, 1.165) is 0 Å². The second-order valence-electron chi connectivity index (χ2n) is 1.84. The van der Waals surface area contributed by atoms with E-state index in [9.17, 15) is 0 Å². The van der Waals surface area contributed by atoms with Gasteiger partial charge in [-0.05, 0) is 35.2 Å². The van der Waals surface area contributed by atoms with Gasteiger partial charge in [-0.2, -0.15) is 0 Å². The molecule has 0 aliphatic heterocycles. The predicted molar refractivity (Wildman–Crippen MR) is 52.7 cm³/mol. The molecule has 0 atom stereocenters. The van der Waals surface area contributed by atoms with Crippen LogP contribution in [0.25, 0.3) is 0 Å². The molecule has 0 aromatic rings. The van der Waals surface area contributed by atoms with Gasteiger partial charge in [0, 0.05) is 0 Å². The van der Waals surface area contributed by atoms with Gasteiger partial charge in [-0.25, -0.2) is 0 Å². The van der Waals surface area contributed by atoms with E-state index in [2.05, 4.69) is 5.32 Å². The maximum Gasteiger partial charge on any atom is -0.0140 e. The molecule has 2 nitrogen and oxygen atoms in total. The van der Waals surface area contributed by atoms with Gasteiger partial charge in [0.15, 0.2) is 0 Å². The lowest BCUT2D eigenvalue weighted by Crippen LogP contribution is -1.99. The molecule has 0 heterocycles. The molecule has 0 aromatic heterocycles. The largest absolute Gasteiger partial charge is 0.323 e. The first kappa shape index (κ1) is 22.5. The first-order valence-corrected chi connectivity index (χ1v) is 3.34. The fraction of sp³-hybridized carbons (Fsp3) is 1.00. The minimum Gasteiger partial charge on any atom is -0.323 e. The minimum absolute atomic E-state index is 0. The van der Waals surface area contributed by atoms with Crippen molar-refractivity contribution in [2.24, 2.45) is 0 Å². The smallest absolute Gasteiger partial charge is 0.0140 e. The predicted octanol–water partition coefficient (Wildman–Crippen LogP) is 1.68. The van der Waals surface area contributed by atoms with Crippen LogP contribution in [-0.4, -0.2) is 40.1 Å². The molecule has 68 valence electrons. The Morgan fingerprint density at radius 1 is 0.900 bits per heavy atom. The molecule has 1 N–H and O–H groups in total. The quantitative estimate of drug-likeness (QED) is 0.565. The van der Waals surface area contributed by atoms with E-state index >= 15 is 0 Å². The van der Waals surface area contributed by atoms with Crippen molar-refractivity contribution in [1.29, 1.82) is 0 Å². The molecule has 0 aliphatic rings. The van der Waals surface area contributed by atoms with Gasteiger partial charge in [-0.15, -0.1) is 0 Å². The zero-order valence-electron chi connectivity index (χ0n) is 7.95. The van der Waals surface area contributed by atoms with Crippen molar-refractivity contribution in [2.45, 2.75) is 21.3 Å². The van der Waals surface area contributed by atoms with Crippen LogP contribution in [0.4, 0.5) is 0 Å². The molecule has 0 spiro atoms. The maximum absolute atomic E-state index is 2.75. The molecule has 0 rings (SSSR count). The number of rotatable bonds is 0. The average molecular weight is 150 g/mol. The number of nitrogens with zero attached hydrogens (tertiary/aromatic N) is 1. The topological polar surface area (TPSA) is 15.3 Å². The van der Waals surface area contributed by atoms with Gasteiger partial charge in [-0.1, -0.05) is 21.3 Å². The Bertz CT molecular complexity index is 18.5. The Balaban J connectivity index is -0.0000000273. The second kappa shape index (κ2) is 36.4. The summed E-state index contributed by atoms with van der Waals surface area (Å²) in [5, 5.41) is 2.75. The van der Waals surface area contributed by atoms with Gasteiger partial charge >= 0.3 is 0 Å². The van der Waals surface area contributed by atoms with Crippen LogP contribution in [0.1, 0.15) is 21.3 Å². The Morgan fingerprint density at radius 2 is 0.900 bits per heavy atom. The van der Waals surface area contributed by atoms with Gasteiger partial charge in [0.05, 0.1) is 0 Å². The van der Waals surface area contributed by atoms with Crippen molar-refractivity contribution >= 4 is 0 Å². The highest BCUT2D eigenvalue weighted by Crippen LogP contribution is 1.47. The van der Waals surface area contributed by atoms with Crippen LogP contribution >= 0.6 is 0 Å². The van der Waals surface area contributed by atoms with Crippen molar-refractivity contribution in [3.8, 4) is 0 Å². The summed E-state index contributed by atoms with van der Waals surface area (Å²) < 4.78 is 0. The van der Waals surface area contributed by atoms with Crippen molar-refractivity contribution in [2.75, 3.05) is 35.2 Å². The molecule has 0 radical (unpaired) electrons. The molecule has 0 amide bonds. The van der Waals surface area contributed by atoms with Crippen molar-refractivity contribution in [3.63, 3.8) is 0 Å². The fourth-order valence-electron chi connectivity index (χ4n) is 0. The van der Waals surface area contributed by atoms with Gasteiger partial charge in [-0.3, -0.25) is 0 Å². The summed E-state index contributed by atoms with van der Waals surface area (Å²) in [4.78, 5) is 2.00. The van der Waals surface area contributed by atoms with Crippen LogP contribution in [0.3, 0.4) is 0 Å². The van der Waals surface area contributed by atoms with Gasteiger partial charge < -0.3 is 10.2 Å².